The molecule has 2 aromatic rings. The van der Waals surface area contributed by atoms with E-state index in [1.807, 2.05) is 36.1 Å². The molecule has 1 fully saturated rings. The van der Waals surface area contributed by atoms with E-state index in [9.17, 15) is 4.79 Å². The second kappa shape index (κ2) is 5.29. The molecule has 0 spiro atoms. The fraction of sp³-hybridized carbons (Fsp3) is 0.438. The average molecular weight is 272 g/mol. The molecule has 0 saturated carbocycles. The van der Waals surface area contributed by atoms with Crippen LogP contribution in [0.5, 0.6) is 0 Å². The number of aryl methyl sites for hydroxylation is 1. The van der Waals surface area contributed by atoms with E-state index in [2.05, 4.69) is 0 Å². The third-order valence-corrected chi connectivity index (χ3v) is 4.03. The summed E-state index contributed by atoms with van der Waals surface area (Å²) in [6.45, 7) is 4.33. The zero-order valence-corrected chi connectivity index (χ0v) is 11.8. The third-order valence-electron chi connectivity index (χ3n) is 4.03. The van der Waals surface area contributed by atoms with Crippen LogP contribution in [0.2, 0.25) is 0 Å². The van der Waals surface area contributed by atoms with Gasteiger partial charge in [0.1, 0.15) is 5.58 Å². The van der Waals surface area contributed by atoms with Crippen LogP contribution >= 0.6 is 0 Å². The van der Waals surface area contributed by atoms with E-state index in [4.69, 9.17) is 10.2 Å². The molecule has 20 heavy (non-hydrogen) atoms. The van der Waals surface area contributed by atoms with Crippen molar-refractivity contribution < 1.29 is 9.21 Å². The van der Waals surface area contributed by atoms with Crippen molar-refractivity contribution in [3.63, 3.8) is 0 Å². The number of hydrogen-bond acceptors (Lipinski definition) is 3. The Kier molecular flexibility index (Phi) is 3.49. The van der Waals surface area contributed by atoms with Crippen LogP contribution in [0.4, 0.5) is 0 Å². The van der Waals surface area contributed by atoms with E-state index in [1.165, 1.54) is 5.56 Å². The molecule has 4 nitrogen and oxygen atoms in total. The van der Waals surface area contributed by atoms with E-state index < -0.39 is 0 Å². The topological polar surface area (TPSA) is 59.5 Å². The van der Waals surface area contributed by atoms with Crippen LogP contribution in [0.1, 0.15) is 29.0 Å². The molecule has 1 aromatic carbocycles. The second-order valence-electron chi connectivity index (χ2n) is 5.64. The number of fused-ring (bicyclic) bond motifs is 1. The number of likely N-dealkylation sites (tertiary alicyclic amines) is 1. The van der Waals surface area contributed by atoms with Crippen molar-refractivity contribution in [1.82, 2.24) is 4.90 Å². The van der Waals surface area contributed by atoms with Crippen molar-refractivity contribution in [1.29, 1.82) is 0 Å². The molecule has 1 atom stereocenters. The van der Waals surface area contributed by atoms with Gasteiger partial charge in [0, 0.05) is 18.5 Å². The minimum absolute atomic E-state index is 0.00151. The molecule has 106 valence electrons. The van der Waals surface area contributed by atoms with Gasteiger partial charge in [0.05, 0.1) is 0 Å². The van der Waals surface area contributed by atoms with E-state index in [-0.39, 0.29) is 5.91 Å². The summed E-state index contributed by atoms with van der Waals surface area (Å²) in [4.78, 5) is 14.3. The molecular weight excluding hydrogens is 252 g/mol. The SMILES string of the molecule is Cc1ccc2oc(C(=O)N3CCC(CCN)C3)cc2c1. The zero-order valence-electron chi connectivity index (χ0n) is 11.8. The molecule has 1 unspecified atom stereocenters. The number of furan rings is 1. The zero-order chi connectivity index (χ0) is 14.1. The lowest BCUT2D eigenvalue weighted by atomic mass is 10.1. The average Bonchev–Trinajstić information content (AvgIpc) is 3.04. The van der Waals surface area contributed by atoms with E-state index in [1.54, 1.807) is 0 Å². The monoisotopic (exact) mass is 272 g/mol. The molecule has 2 heterocycles. The summed E-state index contributed by atoms with van der Waals surface area (Å²) >= 11 is 0. The number of amides is 1. The van der Waals surface area contributed by atoms with Crippen LogP contribution in [-0.2, 0) is 0 Å². The molecule has 1 aliphatic rings. The van der Waals surface area contributed by atoms with Crippen molar-refractivity contribution in [2.24, 2.45) is 11.7 Å². The molecule has 4 heteroatoms. The first-order valence-electron chi connectivity index (χ1n) is 7.17. The maximum Gasteiger partial charge on any atom is 0.289 e. The van der Waals surface area contributed by atoms with Gasteiger partial charge in [0.25, 0.3) is 5.91 Å². The van der Waals surface area contributed by atoms with E-state index in [0.29, 0.717) is 18.2 Å². The first-order chi connectivity index (χ1) is 9.67. The Morgan fingerprint density at radius 2 is 2.30 bits per heavy atom. The molecule has 0 aliphatic carbocycles. The molecule has 2 N–H and O–H groups in total. The summed E-state index contributed by atoms with van der Waals surface area (Å²) in [7, 11) is 0. The number of nitrogens with zero attached hydrogens (tertiary/aromatic N) is 1. The molecule has 1 aliphatic heterocycles. The molecule has 1 aromatic heterocycles. The fourth-order valence-corrected chi connectivity index (χ4v) is 2.91. The highest BCUT2D eigenvalue weighted by Crippen LogP contribution is 2.25. The third kappa shape index (κ3) is 2.43. The van der Waals surface area contributed by atoms with Crippen molar-refractivity contribution >= 4 is 16.9 Å². The predicted octanol–water partition coefficient (Wildman–Crippen LogP) is 2.55. The Hall–Kier alpha value is -1.81. The summed E-state index contributed by atoms with van der Waals surface area (Å²) in [5.41, 5.74) is 7.53. The van der Waals surface area contributed by atoms with Gasteiger partial charge < -0.3 is 15.1 Å². The minimum Gasteiger partial charge on any atom is -0.451 e. The van der Waals surface area contributed by atoms with Crippen LogP contribution in [-0.4, -0.2) is 30.4 Å². The number of rotatable bonds is 3. The van der Waals surface area contributed by atoms with Crippen LogP contribution in [0.25, 0.3) is 11.0 Å². The Labute approximate surface area is 118 Å². The van der Waals surface area contributed by atoms with Gasteiger partial charge in [0.15, 0.2) is 5.76 Å². The van der Waals surface area contributed by atoms with E-state index in [0.717, 1.165) is 36.9 Å². The highest BCUT2D eigenvalue weighted by molar-refractivity contribution is 5.96. The highest BCUT2D eigenvalue weighted by atomic mass is 16.3. The molecule has 0 radical (unpaired) electrons. The smallest absolute Gasteiger partial charge is 0.289 e. The van der Waals surface area contributed by atoms with Gasteiger partial charge in [-0.2, -0.15) is 0 Å². The molecule has 3 rings (SSSR count). The second-order valence-corrected chi connectivity index (χ2v) is 5.64. The highest BCUT2D eigenvalue weighted by Gasteiger charge is 2.28. The summed E-state index contributed by atoms with van der Waals surface area (Å²) in [6.07, 6.45) is 2.03. The van der Waals surface area contributed by atoms with Crippen LogP contribution in [0.15, 0.2) is 28.7 Å². The summed E-state index contributed by atoms with van der Waals surface area (Å²) < 4.78 is 5.68. The lowest BCUT2D eigenvalue weighted by Gasteiger charge is -2.14. The lowest BCUT2D eigenvalue weighted by Crippen LogP contribution is -2.28. The number of hydrogen-bond donors (Lipinski definition) is 1. The van der Waals surface area contributed by atoms with Gasteiger partial charge in [-0.05, 0) is 50.4 Å². The van der Waals surface area contributed by atoms with Gasteiger partial charge in [0.2, 0.25) is 0 Å². The summed E-state index contributed by atoms with van der Waals surface area (Å²) in [6, 6.07) is 7.80. The largest absolute Gasteiger partial charge is 0.451 e. The van der Waals surface area contributed by atoms with Gasteiger partial charge in [-0.15, -0.1) is 0 Å². The molecule has 1 amide bonds. The fourth-order valence-electron chi connectivity index (χ4n) is 2.91. The van der Waals surface area contributed by atoms with E-state index >= 15 is 0 Å². The lowest BCUT2D eigenvalue weighted by molar-refractivity contribution is 0.0757. The number of nitrogens with two attached hydrogens (primary N) is 1. The minimum atomic E-state index is -0.00151. The molecule has 0 bridgehead atoms. The van der Waals surface area contributed by atoms with Crippen LogP contribution in [0.3, 0.4) is 0 Å². The van der Waals surface area contributed by atoms with Crippen molar-refractivity contribution in [2.45, 2.75) is 19.8 Å². The van der Waals surface area contributed by atoms with Gasteiger partial charge in [-0.3, -0.25) is 4.79 Å². The van der Waals surface area contributed by atoms with Crippen LogP contribution < -0.4 is 5.73 Å². The number of carbonyl (C=O) groups is 1. The maximum atomic E-state index is 12.5. The van der Waals surface area contributed by atoms with Crippen molar-refractivity contribution in [3.8, 4) is 0 Å². The quantitative estimate of drug-likeness (QED) is 0.934. The normalized spacial score (nSPS) is 18.9. The molecule has 1 saturated heterocycles. The van der Waals surface area contributed by atoms with Crippen molar-refractivity contribution in [3.05, 3.63) is 35.6 Å². The Morgan fingerprint density at radius 3 is 3.10 bits per heavy atom. The van der Waals surface area contributed by atoms with Crippen molar-refractivity contribution in [2.75, 3.05) is 19.6 Å². The van der Waals surface area contributed by atoms with Crippen LogP contribution in [0, 0.1) is 12.8 Å². The standard InChI is InChI=1S/C16H20N2O2/c1-11-2-3-14-13(8-11)9-15(20-14)16(19)18-7-5-12(10-18)4-6-17/h2-3,8-9,12H,4-7,10,17H2,1H3. The Morgan fingerprint density at radius 1 is 1.45 bits per heavy atom. The van der Waals surface area contributed by atoms with Gasteiger partial charge in [-0.25, -0.2) is 0 Å². The predicted molar refractivity (Wildman–Crippen MR) is 78.6 cm³/mol. The maximum absolute atomic E-state index is 12.5. The van der Waals surface area contributed by atoms with Gasteiger partial charge >= 0.3 is 0 Å². The first kappa shape index (κ1) is 13.2. The Bertz CT molecular complexity index is 632. The number of carbonyl (C=O) groups excluding carboxylic acids is 1. The summed E-state index contributed by atoms with van der Waals surface area (Å²) in [5.74, 6) is 0.980. The number of benzene rings is 1. The molecular formula is C16H20N2O2. The summed E-state index contributed by atoms with van der Waals surface area (Å²) in [5, 5.41) is 0.992. The van der Waals surface area contributed by atoms with Gasteiger partial charge in [-0.1, -0.05) is 11.6 Å². The Balaban J connectivity index is 1.79. The first-order valence-corrected chi connectivity index (χ1v) is 7.17.